The van der Waals surface area contributed by atoms with E-state index in [1.165, 1.54) is 7.11 Å². The maximum Gasteiger partial charge on any atom is 0.241 e. The largest absolute Gasteiger partial charge is 0.398 e. The molecule has 1 rings (SSSR count). The van der Waals surface area contributed by atoms with Crippen LogP contribution in [0.1, 0.15) is 24.5 Å². The predicted octanol–water partition coefficient (Wildman–Crippen LogP) is 0.951. The molecule has 1 aromatic carbocycles. The number of hydrogen-bond acceptors (Lipinski definition) is 5. The molecular weight excluding hydrogens is 292 g/mol. The lowest BCUT2D eigenvalue weighted by atomic mass is 10.0. The summed E-state index contributed by atoms with van der Waals surface area (Å²) in [5, 5.41) is 10.1. The van der Waals surface area contributed by atoms with Gasteiger partial charge in [0.1, 0.15) is 0 Å². The molecular formula is C14H24N2O4S. The number of sulfonamides is 1. The highest BCUT2D eigenvalue weighted by Gasteiger charge is 2.26. The van der Waals surface area contributed by atoms with Crippen LogP contribution >= 0.6 is 0 Å². The Hall–Kier alpha value is -1.15. The number of aliphatic hydroxyl groups is 1. The lowest BCUT2D eigenvalue weighted by Crippen LogP contribution is -2.41. The monoisotopic (exact) mass is 316 g/mol. The zero-order chi connectivity index (χ0) is 16.3. The SMILES string of the molecule is COCCC(C)(O)CNS(=O)(=O)c1c(C)ccc(N)c1C. The quantitative estimate of drug-likeness (QED) is 0.650. The molecule has 4 N–H and O–H groups in total. The van der Waals surface area contributed by atoms with Crippen LogP contribution in [0.5, 0.6) is 0 Å². The van der Waals surface area contributed by atoms with E-state index in [4.69, 9.17) is 10.5 Å². The molecule has 0 heterocycles. The van der Waals surface area contributed by atoms with E-state index in [1.807, 2.05) is 0 Å². The Morgan fingerprint density at radius 1 is 1.38 bits per heavy atom. The van der Waals surface area contributed by atoms with E-state index in [0.717, 1.165) is 0 Å². The van der Waals surface area contributed by atoms with Gasteiger partial charge in [-0.2, -0.15) is 0 Å². The fourth-order valence-corrected chi connectivity index (χ4v) is 3.65. The standard InChI is InChI=1S/C14H24N2O4S/c1-10-5-6-12(15)11(2)13(10)21(18,19)16-9-14(3,17)7-8-20-4/h5-6,16-17H,7-9,15H2,1-4H3. The highest BCUT2D eigenvalue weighted by atomic mass is 32.2. The molecule has 0 aliphatic carbocycles. The summed E-state index contributed by atoms with van der Waals surface area (Å²) < 4.78 is 32.2. The third-order valence-corrected chi connectivity index (χ3v) is 5.09. The highest BCUT2D eigenvalue weighted by molar-refractivity contribution is 7.89. The second-order valence-corrected chi connectivity index (χ2v) is 7.19. The normalized spacial score (nSPS) is 14.9. The second-order valence-electron chi connectivity index (χ2n) is 5.49. The van der Waals surface area contributed by atoms with Gasteiger partial charge in [0, 0.05) is 32.4 Å². The third kappa shape index (κ3) is 4.67. The van der Waals surface area contributed by atoms with E-state index < -0.39 is 15.6 Å². The molecule has 1 atom stereocenters. The molecule has 0 fully saturated rings. The van der Waals surface area contributed by atoms with Gasteiger partial charge < -0.3 is 15.6 Å². The van der Waals surface area contributed by atoms with Gasteiger partial charge in [-0.25, -0.2) is 13.1 Å². The van der Waals surface area contributed by atoms with Crippen LogP contribution in [-0.4, -0.2) is 39.4 Å². The molecule has 0 spiro atoms. The maximum atomic E-state index is 12.4. The van der Waals surface area contributed by atoms with Crippen LogP contribution in [-0.2, 0) is 14.8 Å². The molecule has 0 bridgehead atoms. The lowest BCUT2D eigenvalue weighted by Gasteiger charge is -2.24. The van der Waals surface area contributed by atoms with Crippen molar-refractivity contribution in [2.45, 2.75) is 37.7 Å². The van der Waals surface area contributed by atoms with Crippen LogP contribution in [0.3, 0.4) is 0 Å². The number of ether oxygens (including phenoxy) is 1. The van der Waals surface area contributed by atoms with Crippen molar-refractivity contribution in [1.29, 1.82) is 0 Å². The molecule has 0 aromatic heterocycles. The van der Waals surface area contributed by atoms with E-state index >= 15 is 0 Å². The molecule has 1 aromatic rings. The number of anilines is 1. The summed E-state index contributed by atoms with van der Waals surface area (Å²) in [6.45, 7) is 5.20. The first-order valence-electron chi connectivity index (χ1n) is 6.67. The second kappa shape index (κ2) is 6.74. The fourth-order valence-electron chi connectivity index (χ4n) is 1.99. The summed E-state index contributed by atoms with van der Waals surface area (Å²) in [5.41, 5.74) is 6.15. The van der Waals surface area contributed by atoms with Gasteiger partial charge in [0.15, 0.2) is 0 Å². The summed E-state index contributed by atoms with van der Waals surface area (Å²) in [4.78, 5) is 0.171. The molecule has 21 heavy (non-hydrogen) atoms. The number of benzene rings is 1. The van der Waals surface area contributed by atoms with Crippen molar-refractivity contribution in [3.63, 3.8) is 0 Å². The first-order valence-corrected chi connectivity index (χ1v) is 8.16. The Labute approximate surface area is 126 Å². The van der Waals surface area contributed by atoms with Crippen LogP contribution in [0.4, 0.5) is 5.69 Å². The maximum absolute atomic E-state index is 12.4. The molecule has 0 aliphatic rings. The van der Waals surface area contributed by atoms with E-state index in [-0.39, 0.29) is 11.4 Å². The molecule has 0 radical (unpaired) electrons. The molecule has 0 saturated carbocycles. The molecule has 7 heteroatoms. The van der Waals surface area contributed by atoms with Crippen molar-refractivity contribution in [2.75, 3.05) is 26.0 Å². The molecule has 1 unspecified atom stereocenters. The molecule has 0 aliphatic heterocycles. The minimum absolute atomic E-state index is 0.0909. The van der Waals surface area contributed by atoms with Gasteiger partial charge in [0.05, 0.1) is 10.5 Å². The summed E-state index contributed by atoms with van der Waals surface area (Å²) in [6.07, 6.45) is 0.334. The lowest BCUT2D eigenvalue weighted by molar-refractivity contribution is 0.0292. The topological polar surface area (TPSA) is 102 Å². The van der Waals surface area contributed by atoms with Crippen LogP contribution in [0.15, 0.2) is 17.0 Å². The predicted molar refractivity (Wildman–Crippen MR) is 82.6 cm³/mol. The van der Waals surface area contributed by atoms with Gasteiger partial charge in [-0.05, 0) is 38.0 Å². The van der Waals surface area contributed by atoms with Gasteiger partial charge in [-0.15, -0.1) is 0 Å². The van der Waals surface area contributed by atoms with E-state index in [2.05, 4.69) is 4.72 Å². The minimum atomic E-state index is -3.73. The number of aryl methyl sites for hydroxylation is 1. The first-order chi connectivity index (χ1) is 9.60. The van der Waals surface area contributed by atoms with Gasteiger partial charge >= 0.3 is 0 Å². The van der Waals surface area contributed by atoms with Crippen molar-refractivity contribution in [3.8, 4) is 0 Å². The number of nitrogens with two attached hydrogens (primary N) is 1. The average molecular weight is 316 g/mol. The molecule has 6 nitrogen and oxygen atoms in total. The summed E-state index contributed by atoms with van der Waals surface area (Å²) in [7, 11) is -2.21. The Balaban J connectivity index is 2.96. The summed E-state index contributed by atoms with van der Waals surface area (Å²) in [6, 6.07) is 3.35. The summed E-state index contributed by atoms with van der Waals surface area (Å²) >= 11 is 0. The Morgan fingerprint density at radius 3 is 2.57 bits per heavy atom. The van der Waals surface area contributed by atoms with E-state index in [9.17, 15) is 13.5 Å². The number of hydrogen-bond donors (Lipinski definition) is 3. The van der Waals surface area contributed by atoms with Crippen LogP contribution in [0, 0.1) is 13.8 Å². The van der Waals surface area contributed by atoms with Crippen LogP contribution in [0.2, 0.25) is 0 Å². The number of nitrogen functional groups attached to an aromatic ring is 1. The Morgan fingerprint density at radius 2 is 2.00 bits per heavy atom. The van der Waals surface area contributed by atoms with Crippen molar-refractivity contribution < 1.29 is 18.3 Å². The Bertz CT molecular complexity index is 597. The third-order valence-electron chi connectivity index (χ3n) is 3.40. The van der Waals surface area contributed by atoms with Gasteiger partial charge in [-0.1, -0.05) is 6.07 Å². The van der Waals surface area contributed by atoms with E-state index in [0.29, 0.717) is 29.8 Å². The Kier molecular flexibility index (Phi) is 5.75. The van der Waals surface area contributed by atoms with Crippen molar-refractivity contribution in [3.05, 3.63) is 23.3 Å². The highest BCUT2D eigenvalue weighted by Crippen LogP contribution is 2.24. The zero-order valence-corrected chi connectivity index (χ0v) is 13.8. The number of methoxy groups -OCH3 is 1. The van der Waals surface area contributed by atoms with Gasteiger partial charge in [0.2, 0.25) is 10.0 Å². The number of nitrogens with one attached hydrogen (secondary N) is 1. The minimum Gasteiger partial charge on any atom is -0.398 e. The molecule has 0 saturated heterocycles. The first kappa shape index (κ1) is 17.9. The smallest absolute Gasteiger partial charge is 0.241 e. The summed E-state index contributed by atoms with van der Waals surface area (Å²) in [5.74, 6) is 0. The van der Waals surface area contributed by atoms with Crippen LogP contribution < -0.4 is 10.5 Å². The fraction of sp³-hybridized carbons (Fsp3) is 0.571. The van der Waals surface area contributed by atoms with E-state index in [1.54, 1.807) is 32.9 Å². The molecule has 120 valence electrons. The zero-order valence-electron chi connectivity index (χ0n) is 12.9. The van der Waals surface area contributed by atoms with Gasteiger partial charge in [0.25, 0.3) is 0 Å². The van der Waals surface area contributed by atoms with Crippen LogP contribution in [0.25, 0.3) is 0 Å². The van der Waals surface area contributed by atoms with Crippen molar-refractivity contribution >= 4 is 15.7 Å². The number of rotatable bonds is 7. The average Bonchev–Trinajstić information content (AvgIpc) is 2.39. The van der Waals surface area contributed by atoms with Gasteiger partial charge in [-0.3, -0.25) is 0 Å². The molecule has 0 amide bonds. The van der Waals surface area contributed by atoms with Crippen molar-refractivity contribution in [2.24, 2.45) is 0 Å². The van der Waals surface area contributed by atoms with Crippen molar-refractivity contribution in [1.82, 2.24) is 4.72 Å².